The highest BCUT2D eigenvalue weighted by atomic mass is 35.5. The third-order valence-electron chi connectivity index (χ3n) is 3.03. The van der Waals surface area contributed by atoms with Crippen molar-refractivity contribution in [3.63, 3.8) is 0 Å². The average molecular weight is 398 g/mol. The normalized spacial score (nSPS) is 10.6. The Morgan fingerprint density at radius 3 is 2.56 bits per heavy atom. The van der Waals surface area contributed by atoms with E-state index in [-0.39, 0.29) is 0 Å². The van der Waals surface area contributed by atoms with Gasteiger partial charge in [-0.3, -0.25) is 5.43 Å². The topological polar surface area (TPSA) is 54.9 Å². The molecular weight excluding hydrogens is 381 g/mol. The molecule has 132 valence electrons. The van der Waals surface area contributed by atoms with Crippen molar-refractivity contribution in [2.75, 3.05) is 19.0 Å². The number of thiocarbonyl (C=S) groups is 1. The summed E-state index contributed by atoms with van der Waals surface area (Å²) in [6.07, 6.45) is 1.56. The number of ether oxygens (including phenoxy) is 2. The van der Waals surface area contributed by atoms with Crippen LogP contribution in [-0.4, -0.2) is 25.0 Å². The number of hydrazone groups is 1. The van der Waals surface area contributed by atoms with E-state index in [1.807, 2.05) is 19.1 Å². The molecule has 2 aromatic rings. The standard InChI is InChI=1S/C17H17Cl2N3O2S/c1-3-24-16-11(8-13(19)9-15(16)23-2)10-20-22-17(25)21-14-6-4-12(18)5-7-14/h4-10H,3H2,1-2H3,(H2,21,22,25)/b20-10+. The summed E-state index contributed by atoms with van der Waals surface area (Å²) < 4.78 is 10.9. The maximum absolute atomic E-state index is 6.10. The second-order valence-corrected chi connectivity index (χ2v) is 6.07. The molecule has 0 spiro atoms. The van der Waals surface area contributed by atoms with E-state index in [0.29, 0.717) is 38.8 Å². The van der Waals surface area contributed by atoms with Gasteiger partial charge in [0.25, 0.3) is 0 Å². The van der Waals surface area contributed by atoms with Crippen LogP contribution in [0.3, 0.4) is 0 Å². The van der Waals surface area contributed by atoms with Crippen molar-refractivity contribution in [2.45, 2.75) is 6.92 Å². The van der Waals surface area contributed by atoms with Crippen LogP contribution < -0.4 is 20.2 Å². The Morgan fingerprint density at radius 2 is 1.92 bits per heavy atom. The lowest BCUT2D eigenvalue weighted by molar-refractivity contribution is 0.310. The smallest absolute Gasteiger partial charge is 0.191 e. The Morgan fingerprint density at radius 1 is 1.20 bits per heavy atom. The van der Waals surface area contributed by atoms with Crippen molar-refractivity contribution in [1.82, 2.24) is 5.43 Å². The molecule has 0 radical (unpaired) electrons. The zero-order valence-corrected chi connectivity index (χ0v) is 16.0. The van der Waals surface area contributed by atoms with Crippen molar-refractivity contribution in [2.24, 2.45) is 5.10 Å². The van der Waals surface area contributed by atoms with Crippen LogP contribution in [-0.2, 0) is 0 Å². The fourth-order valence-electron chi connectivity index (χ4n) is 1.99. The van der Waals surface area contributed by atoms with Crippen LogP contribution in [0.15, 0.2) is 41.5 Å². The first kappa shape index (κ1) is 19.3. The van der Waals surface area contributed by atoms with Gasteiger partial charge in [-0.25, -0.2) is 0 Å². The molecule has 0 aromatic heterocycles. The number of hydrogen-bond acceptors (Lipinski definition) is 4. The fraction of sp³-hybridized carbons (Fsp3) is 0.176. The number of rotatable bonds is 6. The van der Waals surface area contributed by atoms with E-state index >= 15 is 0 Å². The predicted octanol–water partition coefficient (Wildman–Crippen LogP) is 4.72. The minimum absolute atomic E-state index is 0.338. The molecular formula is C17H17Cl2N3O2S. The van der Waals surface area contributed by atoms with Crippen LogP contribution in [0.2, 0.25) is 10.0 Å². The molecule has 2 N–H and O–H groups in total. The summed E-state index contributed by atoms with van der Waals surface area (Å²) in [5, 5.41) is 8.62. The summed E-state index contributed by atoms with van der Waals surface area (Å²) in [7, 11) is 1.55. The fourth-order valence-corrected chi connectivity index (χ4v) is 2.50. The Labute approximate surface area is 161 Å². The molecule has 0 atom stereocenters. The maximum Gasteiger partial charge on any atom is 0.191 e. The van der Waals surface area contributed by atoms with Gasteiger partial charge in [0.1, 0.15) is 0 Å². The highest BCUT2D eigenvalue weighted by molar-refractivity contribution is 7.80. The highest BCUT2D eigenvalue weighted by Gasteiger charge is 2.11. The van der Waals surface area contributed by atoms with Crippen molar-refractivity contribution < 1.29 is 9.47 Å². The molecule has 2 rings (SSSR count). The van der Waals surface area contributed by atoms with E-state index in [4.69, 9.17) is 44.9 Å². The largest absolute Gasteiger partial charge is 0.493 e. The van der Waals surface area contributed by atoms with Gasteiger partial charge in [0, 0.05) is 27.4 Å². The lowest BCUT2D eigenvalue weighted by Gasteiger charge is -2.12. The molecule has 25 heavy (non-hydrogen) atoms. The van der Waals surface area contributed by atoms with Gasteiger partial charge in [-0.05, 0) is 49.5 Å². The number of methoxy groups -OCH3 is 1. The van der Waals surface area contributed by atoms with Crippen LogP contribution in [0.5, 0.6) is 11.5 Å². The first-order chi connectivity index (χ1) is 12.0. The van der Waals surface area contributed by atoms with Gasteiger partial charge in [-0.1, -0.05) is 23.2 Å². The van der Waals surface area contributed by atoms with Crippen LogP contribution in [0.1, 0.15) is 12.5 Å². The predicted molar refractivity (Wildman–Crippen MR) is 108 cm³/mol. The minimum atomic E-state index is 0.338. The highest BCUT2D eigenvalue weighted by Crippen LogP contribution is 2.33. The number of anilines is 1. The summed E-state index contributed by atoms with van der Waals surface area (Å²) in [5.74, 6) is 1.11. The molecule has 0 aliphatic rings. The Hall–Kier alpha value is -2.02. The minimum Gasteiger partial charge on any atom is -0.493 e. The maximum atomic E-state index is 6.10. The Balaban J connectivity index is 2.06. The van der Waals surface area contributed by atoms with E-state index in [9.17, 15) is 0 Å². The van der Waals surface area contributed by atoms with Gasteiger partial charge in [-0.15, -0.1) is 0 Å². The monoisotopic (exact) mass is 397 g/mol. The molecule has 0 amide bonds. The first-order valence-electron chi connectivity index (χ1n) is 7.39. The number of nitrogens with zero attached hydrogens (tertiary/aromatic N) is 1. The molecule has 0 fully saturated rings. The summed E-state index contributed by atoms with van der Waals surface area (Å²) in [5.41, 5.74) is 4.21. The van der Waals surface area contributed by atoms with Crippen molar-refractivity contribution in [3.8, 4) is 11.5 Å². The SMILES string of the molecule is CCOc1c(/C=N/NC(=S)Nc2ccc(Cl)cc2)cc(Cl)cc1OC. The number of benzene rings is 2. The lowest BCUT2D eigenvalue weighted by Crippen LogP contribution is -2.23. The van der Waals surface area contributed by atoms with Gasteiger partial charge in [0.05, 0.1) is 19.9 Å². The van der Waals surface area contributed by atoms with Crippen LogP contribution in [0.25, 0.3) is 0 Å². The Bertz CT molecular complexity index is 767. The Kier molecular flexibility index (Phi) is 7.31. The molecule has 0 saturated heterocycles. The van der Waals surface area contributed by atoms with E-state index in [1.54, 1.807) is 37.6 Å². The molecule has 0 saturated carbocycles. The summed E-state index contributed by atoms with van der Waals surface area (Å²) >= 11 is 17.1. The van der Waals surface area contributed by atoms with Crippen molar-refractivity contribution in [1.29, 1.82) is 0 Å². The van der Waals surface area contributed by atoms with Crippen molar-refractivity contribution >= 4 is 52.4 Å². The van der Waals surface area contributed by atoms with Gasteiger partial charge < -0.3 is 14.8 Å². The molecule has 0 aliphatic carbocycles. The zero-order chi connectivity index (χ0) is 18.2. The van der Waals surface area contributed by atoms with Gasteiger partial charge in [-0.2, -0.15) is 5.10 Å². The molecule has 0 heterocycles. The number of hydrogen-bond donors (Lipinski definition) is 2. The molecule has 5 nitrogen and oxygen atoms in total. The van der Waals surface area contributed by atoms with Gasteiger partial charge in [0.2, 0.25) is 0 Å². The third-order valence-corrected chi connectivity index (χ3v) is 3.69. The molecule has 8 heteroatoms. The first-order valence-corrected chi connectivity index (χ1v) is 8.56. The summed E-state index contributed by atoms with van der Waals surface area (Å²) in [6, 6.07) is 10.6. The van der Waals surface area contributed by atoms with E-state index in [1.165, 1.54) is 0 Å². The molecule has 0 unspecified atom stereocenters. The molecule has 0 bridgehead atoms. The van der Waals surface area contributed by atoms with Crippen LogP contribution in [0, 0.1) is 0 Å². The average Bonchev–Trinajstić information content (AvgIpc) is 2.59. The third kappa shape index (κ3) is 5.77. The number of halogens is 2. The van der Waals surface area contributed by atoms with E-state index in [2.05, 4.69) is 15.8 Å². The quantitative estimate of drug-likeness (QED) is 0.419. The van der Waals surface area contributed by atoms with Gasteiger partial charge in [0.15, 0.2) is 16.6 Å². The van der Waals surface area contributed by atoms with E-state index in [0.717, 1.165) is 5.69 Å². The summed E-state index contributed by atoms with van der Waals surface area (Å²) in [4.78, 5) is 0. The second-order valence-electron chi connectivity index (χ2n) is 4.79. The summed E-state index contributed by atoms with van der Waals surface area (Å²) in [6.45, 7) is 2.38. The second kappa shape index (κ2) is 9.46. The lowest BCUT2D eigenvalue weighted by atomic mass is 10.2. The van der Waals surface area contributed by atoms with Crippen molar-refractivity contribution in [3.05, 3.63) is 52.0 Å². The van der Waals surface area contributed by atoms with Gasteiger partial charge >= 0.3 is 0 Å². The zero-order valence-electron chi connectivity index (χ0n) is 13.7. The van der Waals surface area contributed by atoms with Crippen LogP contribution >= 0.6 is 35.4 Å². The van der Waals surface area contributed by atoms with Crippen LogP contribution in [0.4, 0.5) is 5.69 Å². The molecule has 2 aromatic carbocycles. The number of nitrogens with one attached hydrogen (secondary N) is 2. The molecule has 0 aliphatic heterocycles. The van der Waals surface area contributed by atoms with E-state index < -0.39 is 0 Å².